The SMILES string of the molecule is CN=CN=C(N)c1cc(NC(=O)N2CC3CC2C[C@H]3C)ccc1C.[HH]. The van der Waals surface area contributed by atoms with Gasteiger partial charge in [0.15, 0.2) is 0 Å². The van der Waals surface area contributed by atoms with Crippen molar-refractivity contribution in [1.29, 1.82) is 0 Å². The Labute approximate surface area is 144 Å². The molecule has 0 aromatic heterocycles. The van der Waals surface area contributed by atoms with Crippen LogP contribution < -0.4 is 11.1 Å². The number of nitrogens with one attached hydrogen (secondary N) is 1. The van der Waals surface area contributed by atoms with Gasteiger partial charge in [-0.05, 0) is 49.3 Å². The molecule has 3 atom stereocenters. The lowest BCUT2D eigenvalue weighted by Gasteiger charge is -2.30. The monoisotopic (exact) mass is 329 g/mol. The number of hydrogen-bond acceptors (Lipinski definition) is 2. The van der Waals surface area contributed by atoms with Crippen LogP contribution in [-0.2, 0) is 0 Å². The zero-order valence-electron chi connectivity index (χ0n) is 14.5. The lowest BCUT2D eigenvalue weighted by atomic mass is 9.97. The number of urea groups is 1. The Balaban J connectivity index is 0.00000225. The highest BCUT2D eigenvalue weighted by Gasteiger charge is 2.44. The number of hydrogen-bond donors (Lipinski definition) is 2. The summed E-state index contributed by atoms with van der Waals surface area (Å²) in [6.07, 6.45) is 3.68. The van der Waals surface area contributed by atoms with Crippen molar-refractivity contribution in [3.05, 3.63) is 29.3 Å². The topological polar surface area (TPSA) is 83.1 Å². The lowest BCUT2D eigenvalue weighted by molar-refractivity contribution is 0.181. The molecule has 1 heterocycles. The van der Waals surface area contributed by atoms with E-state index in [-0.39, 0.29) is 7.46 Å². The second-order valence-corrected chi connectivity index (χ2v) is 6.86. The highest BCUT2D eigenvalue weighted by atomic mass is 16.2. The van der Waals surface area contributed by atoms with Crippen molar-refractivity contribution < 1.29 is 6.22 Å². The molecular weight excluding hydrogens is 302 g/mol. The van der Waals surface area contributed by atoms with Crippen molar-refractivity contribution >= 4 is 23.9 Å². The average molecular weight is 329 g/mol. The minimum Gasteiger partial charge on any atom is -0.383 e. The highest BCUT2D eigenvalue weighted by molar-refractivity contribution is 6.03. The van der Waals surface area contributed by atoms with E-state index in [0.29, 0.717) is 17.8 Å². The number of carbonyl (C=O) groups is 1. The summed E-state index contributed by atoms with van der Waals surface area (Å²) >= 11 is 0. The quantitative estimate of drug-likeness (QED) is 0.660. The number of rotatable bonds is 3. The Hall–Kier alpha value is -2.37. The van der Waals surface area contributed by atoms with Gasteiger partial charge in [-0.1, -0.05) is 13.0 Å². The van der Waals surface area contributed by atoms with Gasteiger partial charge in [0.25, 0.3) is 0 Å². The van der Waals surface area contributed by atoms with Gasteiger partial charge < -0.3 is 16.0 Å². The summed E-state index contributed by atoms with van der Waals surface area (Å²) in [5, 5.41) is 3.00. The van der Waals surface area contributed by atoms with E-state index in [1.54, 1.807) is 7.05 Å². The second kappa shape index (κ2) is 6.63. The molecule has 1 aromatic rings. The van der Waals surface area contributed by atoms with Crippen molar-refractivity contribution in [2.45, 2.75) is 32.7 Å². The van der Waals surface area contributed by atoms with Crippen LogP contribution in [-0.4, -0.2) is 42.7 Å². The first-order valence-electron chi connectivity index (χ1n) is 8.42. The molecule has 2 amide bonds. The number of fused-ring (bicyclic) bond motifs is 2. The summed E-state index contributed by atoms with van der Waals surface area (Å²) in [5.41, 5.74) is 8.56. The molecular formula is C18H27N5O. The van der Waals surface area contributed by atoms with E-state index >= 15 is 0 Å². The first-order valence-corrected chi connectivity index (χ1v) is 8.42. The largest absolute Gasteiger partial charge is 0.383 e. The fourth-order valence-electron chi connectivity index (χ4n) is 3.82. The third kappa shape index (κ3) is 3.13. The molecule has 1 saturated carbocycles. The van der Waals surface area contributed by atoms with Crippen LogP contribution in [0.25, 0.3) is 0 Å². The number of benzene rings is 1. The molecule has 1 aromatic carbocycles. The number of nitrogens with zero attached hydrogens (tertiary/aromatic N) is 3. The van der Waals surface area contributed by atoms with Gasteiger partial charge in [0.05, 0.1) is 0 Å². The molecule has 2 fully saturated rings. The number of piperidine rings is 1. The van der Waals surface area contributed by atoms with Crippen LogP contribution >= 0.6 is 0 Å². The molecule has 3 rings (SSSR count). The van der Waals surface area contributed by atoms with Crippen molar-refractivity contribution in [2.24, 2.45) is 27.6 Å². The third-order valence-electron chi connectivity index (χ3n) is 5.23. The van der Waals surface area contributed by atoms with Crippen molar-refractivity contribution in [2.75, 3.05) is 18.9 Å². The summed E-state index contributed by atoms with van der Waals surface area (Å²) < 4.78 is 0. The molecule has 3 N–H and O–H groups in total. The fourth-order valence-corrected chi connectivity index (χ4v) is 3.82. The maximum absolute atomic E-state index is 12.6. The summed E-state index contributed by atoms with van der Waals surface area (Å²) in [4.78, 5) is 22.5. The average Bonchev–Trinajstić information content (AvgIpc) is 3.13. The molecule has 0 radical (unpaired) electrons. The normalized spacial score (nSPS) is 26.4. The summed E-state index contributed by atoms with van der Waals surface area (Å²) in [6, 6.07) is 6.08. The van der Waals surface area contributed by atoms with Gasteiger partial charge in [-0.2, -0.15) is 0 Å². The molecule has 130 valence electrons. The number of carbonyl (C=O) groups excluding carboxylic acids is 1. The van der Waals surface area contributed by atoms with Gasteiger partial charge in [0.2, 0.25) is 0 Å². The van der Waals surface area contributed by atoms with E-state index in [1.807, 2.05) is 30.0 Å². The number of amidine groups is 1. The van der Waals surface area contributed by atoms with E-state index in [4.69, 9.17) is 5.73 Å². The van der Waals surface area contributed by atoms with E-state index in [1.165, 1.54) is 6.34 Å². The van der Waals surface area contributed by atoms with E-state index in [0.717, 1.165) is 42.1 Å². The van der Waals surface area contributed by atoms with Gasteiger partial charge in [-0.3, -0.25) is 4.99 Å². The number of amides is 2. The van der Waals surface area contributed by atoms with E-state index < -0.39 is 0 Å². The van der Waals surface area contributed by atoms with Crippen molar-refractivity contribution in [3.63, 3.8) is 0 Å². The van der Waals surface area contributed by atoms with Crippen LogP contribution in [0.5, 0.6) is 0 Å². The van der Waals surface area contributed by atoms with Crippen LogP contribution in [0.3, 0.4) is 0 Å². The smallest absolute Gasteiger partial charge is 0.322 e. The van der Waals surface area contributed by atoms with Gasteiger partial charge in [0, 0.05) is 32.3 Å². The maximum atomic E-state index is 12.6. The van der Waals surface area contributed by atoms with Gasteiger partial charge in [-0.25, -0.2) is 9.79 Å². The summed E-state index contributed by atoms with van der Waals surface area (Å²) in [5.74, 6) is 1.79. The standard InChI is InChI=1S/C18H25N5O.H2/c1-11-4-5-14(8-16(11)17(19)21-10-20-3)22-18(24)23-9-13-7-15(23)6-12(13)2;/h4-5,8,10,12-13,15H,6-7,9H2,1-3H3,(H,22,24)(H2,19,20,21);1H/t12-,13?,15?;/m1./s1. The molecule has 1 aliphatic heterocycles. The Kier molecular flexibility index (Phi) is 4.55. The summed E-state index contributed by atoms with van der Waals surface area (Å²) in [7, 11) is 1.64. The van der Waals surface area contributed by atoms with Gasteiger partial charge in [-0.15, -0.1) is 0 Å². The molecule has 6 heteroatoms. The van der Waals surface area contributed by atoms with Gasteiger partial charge in [0.1, 0.15) is 12.2 Å². The van der Waals surface area contributed by atoms with Crippen LogP contribution in [0.15, 0.2) is 28.2 Å². The number of nitrogens with two attached hydrogens (primary N) is 1. The fraction of sp³-hybridized carbons (Fsp3) is 0.500. The minimum atomic E-state index is -0.0187. The molecule has 1 aliphatic carbocycles. The van der Waals surface area contributed by atoms with Crippen LogP contribution in [0.4, 0.5) is 10.5 Å². The van der Waals surface area contributed by atoms with Gasteiger partial charge >= 0.3 is 6.03 Å². The van der Waals surface area contributed by atoms with Crippen molar-refractivity contribution in [1.82, 2.24) is 4.90 Å². The molecule has 2 aliphatic rings. The Morgan fingerprint density at radius 1 is 1.46 bits per heavy atom. The molecule has 1 saturated heterocycles. The summed E-state index contributed by atoms with van der Waals surface area (Å²) in [6.45, 7) is 5.12. The Morgan fingerprint density at radius 3 is 2.88 bits per heavy atom. The minimum absolute atomic E-state index is 0. The molecule has 2 unspecified atom stereocenters. The zero-order chi connectivity index (χ0) is 17.3. The van der Waals surface area contributed by atoms with Crippen LogP contribution in [0.1, 0.15) is 32.3 Å². The molecule has 2 bridgehead atoms. The van der Waals surface area contributed by atoms with E-state index in [2.05, 4.69) is 22.2 Å². The number of anilines is 1. The Bertz CT molecular complexity index is 701. The zero-order valence-corrected chi connectivity index (χ0v) is 14.5. The predicted molar refractivity (Wildman–Crippen MR) is 99.8 cm³/mol. The molecule has 0 spiro atoms. The number of likely N-dealkylation sites (tertiary alicyclic amines) is 1. The first-order chi connectivity index (χ1) is 11.5. The molecule has 24 heavy (non-hydrogen) atoms. The maximum Gasteiger partial charge on any atom is 0.322 e. The number of aryl methyl sites for hydroxylation is 1. The van der Waals surface area contributed by atoms with Crippen LogP contribution in [0.2, 0.25) is 0 Å². The van der Waals surface area contributed by atoms with Crippen LogP contribution in [0, 0.1) is 18.8 Å². The predicted octanol–water partition coefficient (Wildman–Crippen LogP) is 2.87. The molecule has 6 nitrogen and oxygen atoms in total. The lowest BCUT2D eigenvalue weighted by Crippen LogP contribution is -2.42. The number of aliphatic imine (C=N–C) groups is 2. The van der Waals surface area contributed by atoms with Crippen molar-refractivity contribution in [3.8, 4) is 0 Å². The second-order valence-electron chi connectivity index (χ2n) is 6.86. The Morgan fingerprint density at radius 2 is 2.25 bits per heavy atom. The highest BCUT2D eigenvalue weighted by Crippen LogP contribution is 2.41. The first kappa shape index (κ1) is 16.5. The third-order valence-corrected chi connectivity index (χ3v) is 5.23. The van der Waals surface area contributed by atoms with E-state index in [9.17, 15) is 4.79 Å².